The van der Waals surface area contributed by atoms with Gasteiger partial charge in [0.1, 0.15) is 0 Å². The van der Waals surface area contributed by atoms with Gasteiger partial charge in [-0.3, -0.25) is 25.1 Å². The van der Waals surface area contributed by atoms with Gasteiger partial charge in [0.2, 0.25) is 0 Å². The van der Waals surface area contributed by atoms with Crippen LogP contribution < -0.4 is 5.32 Å². The second-order valence-electron chi connectivity index (χ2n) is 4.92. The number of hydrogen-bond donors (Lipinski definition) is 1. The zero-order valence-electron chi connectivity index (χ0n) is 11.1. The largest absolute Gasteiger partial charge is 0.312 e. The Bertz CT molecular complexity index is 534. The average Bonchev–Trinajstić information content (AvgIpc) is 2.38. The molecule has 0 amide bonds. The molecule has 0 saturated carbocycles. The number of piperazine rings is 1. The maximum atomic E-state index is 11.1. The lowest BCUT2D eigenvalue weighted by Crippen LogP contribution is -2.48. The Morgan fingerprint density at radius 2 is 2.10 bits per heavy atom. The van der Waals surface area contributed by atoms with E-state index in [0.29, 0.717) is 18.2 Å². The van der Waals surface area contributed by atoms with Gasteiger partial charge in [-0.05, 0) is 13.0 Å². The fourth-order valence-electron chi connectivity index (χ4n) is 2.37. The van der Waals surface area contributed by atoms with Crippen molar-refractivity contribution >= 4 is 11.4 Å². The summed E-state index contributed by atoms with van der Waals surface area (Å²) in [7, 11) is 0. The second-order valence-corrected chi connectivity index (χ2v) is 4.92. The molecule has 1 aliphatic heterocycles. The van der Waals surface area contributed by atoms with E-state index >= 15 is 0 Å². The summed E-state index contributed by atoms with van der Waals surface area (Å²) < 4.78 is 0. The van der Waals surface area contributed by atoms with Crippen molar-refractivity contribution in [2.75, 3.05) is 19.6 Å². The molecule has 0 unspecified atom stereocenters. The van der Waals surface area contributed by atoms with Crippen LogP contribution in [0.25, 0.3) is 0 Å². The van der Waals surface area contributed by atoms with Gasteiger partial charge in [0, 0.05) is 43.9 Å². The molecule has 0 spiro atoms. The van der Waals surface area contributed by atoms with Gasteiger partial charge < -0.3 is 5.32 Å². The molecule has 0 aromatic heterocycles. The van der Waals surface area contributed by atoms with Crippen LogP contribution in [0.5, 0.6) is 0 Å². The second kappa shape index (κ2) is 5.93. The lowest BCUT2D eigenvalue weighted by molar-refractivity contribution is -0.394. The molecule has 1 aromatic rings. The summed E-state index contributed by atoms with van der Waals surface area (Å²) in [6.07, 6.45) is 0. The van der Waals surface area contributed by atoms with Crippen LogP contribution in [0.3, 0.4) is 0 Å². The molecule has 20 heavy (non-hydrogen) atoms. The molecule has 1 saturated heterocycles. The lowest BCUT2D eigenvalue weighted by Gasteiger charge is -2.31. The highest BCUT2D eigenvalue weighted by Crippen LogP contribution is 2.26. The van der Waals surface area contributed by atoms with E-state index in [1.165, 1.54) is 12.1 Å². The number of nitro groups is 2. The molecule has 8 nitrogen and oxygen atoms in total. The molecule has 2 rings (SSSR count). The number of non-ortho nitro benzene ring substituents is 1. The van der Waals surface area contributed by atoms with E-state index in [1.54, 1.807) is 0 Å². The minimum absolute atomic E-state index is 0.189. The van der Waals surface area contributed by atoms with Gasteiger partial charge in [0.05, 0.1) is 15.9 Å². The maximum Gasteiger partial charge on any atom is 0.280 e. The highest BCUT2D eigenvalue weighted by molar-refractivity contribution is 5.49. The van der Waals surface area contributed by atoms with E-state index in [1.807, 2.05) is 0 Å². The fraction of sp³-hybridized carbons (Fsp3) is 0.500. The van der Waals surface area contributed by atoms with Gasteiger partial charge in [-0.25, -0.2) is 0 Å². The molecule has 1 aliphatic rings. The first-order valence-electron chi connectivity index (χ1n) is 6.35. The van der Waals surface area contributed by atoms with Gasteiger partial charge in [0.15, 0.2) is 0 Å². The Morgan fingerprint density at radius 3 is 2.70 bits per heavy atom. The van der Waals surface area contributed by atoms with Gasteiger partial charge in [-0.1, -0.05) is 0 Å². The zero-order valence-corrected chi connectivity index (χ0v) is 11.1. The Hall–Kier alpha value is -2.06. The number of nitro benzene ring substituents is 2. The lowest BCUT2D eigenvalue weighted by atomic mass is 10.1. The van der Waals surface area contributed by atoms with Crippen LogP contribution in [0.2, 0.25) is 0 Å². The molecule has 1 aromatic carbocycles. The van der Waals surface area contributed by atoms with Crippen molar-refractivity contribution in [1.82, 2.24) is 10.2 Å². The minimum atomic E-state index is -0.621. The molecular weight excluding hydrogens is 264 g/mol. The van der Waals surface area contributed by atoms with Crippen LogP contribution in [0.1, 0.15) is 12.5 Å². The van der Waals surface area contributed by atoms with Crippen molar-refractivity contribution in [3.05, 3.63) is 44.0 Å². The Balaban J connectivity index is 2.22. The smallest absolute Gasteiger partial charge is 0.280 e. The third-order valence-corrected chi connectivity index (χ3v) is 3.32. The standard InChI is InChI=1S/C12H16N4O4/c1-9-7-14(5-4-13-9)8-10-2-3-11(15(17)18)6-12(10)16(19)20/h2-3,6,9,13H,4-5,7-8H2,1H3/t9-/m0/s1. The molecule has 1 atom stereocenters. The molecular formula is C12H16N4O4. The molecule has 1 heterocycles. The minimum Gasteiger partial charge on any atom is -0.312 e. The highest BCUT2D eigenvalue weighted by Gasteiger charge is 2.23. The third-order valence-electron chi connectivity index (χ3n) is 3.32. The van der Waals surface area contributed by atoms with Crippen LogP contribution in [0.4, 0.5) is 11.4 Å². The van der Waals surface area contributed by atoms with E-state index in [9.17, 15) is 20.2 Å². The molecule has 0 radical (unpaired) electrons. The van der Waals surface area contributed by atoms with Gasteiger partial charge >= 0.3 is 0 Å². The predicted molar refractivity (Wildman–Crippen MR) is 72.5 cm³/mol. The monoisotopic (exact) mass is 280 g/mol. The van der Waals surface area contributed by atoms with Crippen LogP contribution >= 0.6 is 0 Å². The SMILES string of the molecule is C[C@H]1CN(Cc2ccc([N+](=O)[O-])cc2[N+](=O)[O-])CCN1. The number of hydrogen-bond acceptors (Lipinski definition) is 6. The number of rotatable bonds is 4. The van der Waals surface area contributed by atoms with E-state index in [-0.39, 0.29) is 11.4 Å². The first-order chi connectivity index (χ1) is 9.47. The molecule has 1 N–H and O–H groups in total. The van der Waals surface area contributed by atoms with Crippen molar-refractivity contribution in [3.63, 3.8) is 0 Å². The quantitative estimate of drug-likeness (QED) is 0.658. The normalized spacial score (nSPS) is 19.8. The van der Waals surface area contributed by atoms with E-state index in [4.69, 9.17) is 0 Å². The van der Waals surface area contributed by atoms with Crippen LogP contribution in [-0.2, 0) is 6.54 Å². The number of nitrogens with zero attached hydrogens (tertiary/aromatic N) is 3. The molecule has 1 fully saturated rings. The Kier molecular flexibility index (Phi) is 4.26. The summed E-state index contributed by atoms with van der Waals surface area (Å²) in [5, 5.41) is 25.0. The number of nitrogens with one attached hydrogen (secondary N) is 1. The molecule has 0 bridgehead atoms. The summed E-state index contributed by atoms with van der Waals surface area (Å²) >= 11 is 0. The van der Waals surface area contributed by atoms with Crippen molar-refractivity contribution in [2.24, 2.45) is 0 Å². The summed E-state index contributed by atoms with van der Waals surface area (Å²) in [6.45, 7) is 4.92. The van der Waals surface area contributed by atoms with Gasteiger partial charge in [-0.15, -0.1) is 0 Å². The summed E-state index contributed by atoms with van der Waals surface area (Å²) in [5.74, 6) is 0. The van der Waals surface area contributed by atoms with Crippen LogP contribution in [0, 0.1) is 20.2 Å². The van der Waals surface area contributed by atoms with Crippen molar-refractivity contribution in [3.8, 4) is 0 Å². The molecule has 108 valence electrons. The van der Waals surface area contributed by atoms with E-state index in [0.717, 1.165) is 25.7 Å². The fourth-order valence-corrected chi connectivity index (χ4v) is 2.37. The topological polar surface area (TPSA) is 102 Å². The maximum absolute atomic E-state index is 11.1. The Morgan fingerprint density at radius 1 is 1.35 bits per heavy atom. The highest BCUT2D eigenvalue weighted by atomic mass is 16.6. The van der Waals surface area contributed by atoms with Gasteiger partial charge in [0.25, 0.3) is 11.4 Å². The molecule has 8 heteroatoms. The average molecular weight is 280 g/mol. The number of benzene rings is 1. The summed E-state index contributed by atoms with van der Waals surface area (Å²) in [6, 6.07) is 4.15. The Labute approximate surface area is 115 Å². The van der Waals surface area contributed by atoms with Crippen LogP contribution in [-0.4, -0.2) is 40.4 Å². The van der Waals surface area contributed by atoms with Gasteiger partial charge in [-0.2, -0.15) is 0 Å². The summed E-state index contributed by atoms with van der Waals surface area (Å²) in [4.78, 5) is 22.7. The first kappa shape index (κ1) is 14.4. The molecule has 0 aliphatic carbocycles. The van der Waals surface area contributed by atoms with Crippen molar-refractivity contribution in [2.45, 2.75) is 19.5 Å². The van der Waals surface area contributed by atoms with Crippen molar-refractivity contribution in [1.29, 1.82) is 0 Å². The van der Waals surface area contributed by atoms with Crippen LogP contribution in [0.15, 0.2) is 18.2 Å². The third kappa shape index (κ3) is 3.28. The zero-order chi connectivity index (χ0) is 14.7. The van der Waals surface area contributed by atoms with E-state index < -0.39 is 9.85 Å². The summed E-state index contributed by atoms with van der Waals surface area (Å²) in [5.41, 5.74) is 0.0641. The first-order valence-corrected chi connectivity index (χ1v) is 6.35. The predicted octanol–water partition coefficient (Wildman–Crippen LogP) is 1.30. The van der Waals surface area contributed by atoms with Crippen molar-refractivity contribution < 1.29 is 9.85 Å². The van der Waals surface area contributed by atoms with E-state index in [2.05, 4.69) is 17.1 Å².